The fourth-order valence-electron chi connectivity index (χ4n) is 2.55. The summed E-state index contributed by atoms with van der Waals surface area (Å²) in [4.78, 5) is 36.3. The predicted octanol–water partition coefficient (Wildman–Crippen LogP) is 2.07. The third-order valence-corrected chi connectivity index (χ3v) is 4.08. The van der Waals surface area contributed by atoms with Crippen molar-refractivity contribution in [2.24, 2.45) is 0 Å². The van der Waals surface area contributed by atoms with Gasteiger partial charge in [-0.05, 0) is 43.7 Å². The SMILES string of the molecule is CCOc1ccccc1C(=O)NCC(=O)NC(C)(C(=O)O)c1ccc(F)cc1. The largest absolute Gasteiger partial charge is 0.493 e. The minimum atomic E-state index is -1.78. The molecule has 0 saturated heterocycles. The van der Waals surface area contributed by atoms with Crippen LogP contribution in [-0.4, -0.2) is 36.0 Å². The van der Waals surface area contributed by atoms with E-state index in [1.54, 1.807) is 31.2 Å². The van der Waals surface area contributed by atoms with Gasteiger partial charge >= 0.3 is 5.97 Å². The molecule has 1 atom stereocenters. The molecule has 0 aliphatic rings. The molecule has 0 heterocycles. The maximum atomic E-state index is 13.1. The van der Waals surface area contributed by atoms with Crippen molar-refractivity contribution in [2.75, 3.05) is 13.2 Å². The van der Waals surface area contributed by atoms with Crippen molar-refractivity contribution >= 4 is 17.8 Å². The summed E-state index contributed by atoms with van der Waals surface area (Å²) in [6.45, 7) is 3.00. The van der Waals surface area contributed by atoms with Crippen molar-refractivity contribution in [2.45, 2.75) is 19.4 Å². The number of hydrogen-bond acceptors (Lipinski definition) is 4. The predicted molar refractivity (Wildman–Crippen MR) is 99.5 cm³/mol. The number of amides is 2. The molecule has 3 N–H and O–H groups in total. The number of ether oxygens (including phenoxy) is 1. The molecule has 0 spiro atoms. The van der Waals surface area contributed by atoms with Crippen molar-refractivity contribution in [1.82, 2.24) is 10.6 Å². The fourth-order valence-corrected chi connectivity index (χ4v) is 2.55. The highest BCUT2D eigenvalue weighted by Gasteiger charge is 2.36. The molecular weight excluding hydrogens is 367 g/mol. The van der Waals surface area contributed by atoms with Crippen LogP contribution in [-0.2, 0) is 15.1 Å². The molecule has 148 valence electrons. The van der Waals surface area contributed by atoms with E-state index in [2.05, 4.69) is 10.6 Å². The summed E-state index contributed by atoms with van der Waals surface area (Å²) in [7, 11) is 0. The van der Waals surface area contributed by atoms with Crippen LogP contribution in [0, 0.1) is 5.82 Å². The van der Waals surface area contributed by atoms with E-state index in [4.69, 9.17) is 4.74 Å². The number of para-hydroxylation sites is 1. The average Bonchev–Trinajstić information content (AvgIpc) is 2.67. The first-order chi connectivity index (χ1) is 13.3. The third-order valence-electron chi connectivity index (χ3n) is 4.08. The number of halogens is 1. The number of aliphatic carboxylic acids is 1. The zero-order valence-electron chi connectivity index (χ0n) is 15.5. The minimum absolute atomic E-state index is 0.197. The van der Waals surface area contributed by atoms with Crippen molar-refractivity contribution in [3.63, 3.8) is 0 Å². The van der Waals surface area contributed by atoms with E-state index in [9.17, 15) is 23.9 Å². The minimum Gasteiger partial charge on any atom is -0.493 e. The van der Waals surface area contributed by atoms with E-state index >= 15 is 0 Å². The molecule has 2 aromatic rings. The monoisotopic (exact) mass is 388 g/mol. The maximum absolute atomic E-state index is 13.1. The molecule has 2 aromatic carbocycles. The van der Waals surface area contributed by atoms with Crippen LogP contribution in [0.1, 0.15) is 29.8 Å². The van der Waals surface area contributed by atoms with Gasteiger partial charge in [0.2, 0.25) is 5.91 Å². The number of carboxylic acids is 1. The maximum Gasteiger partial charge on any atom is 0.333 e. The number of carbonyl (C=O) groups excluding carboxylic acids is 2. The van der Waals surface area contributed by atoms with E-state index < -0.39 is 35.7 Å². The Kier molecular flexibility index (Phi) is 6.70. The van der Waals surface area contributed by atoms with E-state index in [0.29, 0.717) is 12.4 Å². The Morgan fingerprint density at radius 1 is 1.11 bits per heavy atom. The second kappa shape index (κ2) is 8.98. The summed E-state index contributed by atoms with van der Waals surface area (Å²) in [5, 5.41) is 14.3. The molecular formula is C20H21FN2O5. The molecule has 8 heteroatoms. The molecule has 2 rings (SSSR count). The molecule has 7 nitrogen and oxygen atoms in total. The van der Waals surface area contributed by atoms with Gasteiger partial charge in [-0.3, -0.25) is 9.59 Å². The molecule has 0 aliphatic carbocycles. The second-order valence-corrected chi connectivity index (χ2v) is 6.10. The number of nitrogens with one attached hydrogen (secondary N) is 2. The Bertz CT molecular complexity index is 869. The highest BCUT2D eigenvalue weighted by atomic mass is 19.1. The zero-order valence-corrected chi connectivity index (χ0v) is 15.5. The molecule has 0 aliphatic heterocycles. The van der Waals surface area contributed by atoms with Gasteiger partial charge in [0.05, 0.1) is 18.7 Å². The van der Waals surface area contributed by atoms with Gasteiger partial charge in [-0.15, -0.1) is 0 Å². The summed E-state index contributed by atoms with van der Waals surface area (Å²) in [6.07, 6.45) is 0. The standard InChI is InChI=1S/C20H21FN2O5/c1-3-28-16-7-5-4-6-15(16)18(25)22-12-17(24)23-20(2,19(26)27)13-8-10-14(21)11-9-13/h4-11H,3,12H2,1-2H3,(H,22,25)(H,23,24)(H,26,27). The van der Waals surface area contributed by atoms with Crippen LogP contribution in [0.25, 0.3) is 0 Å². The lowest BCUT2D eigenvalue weighted by atomic mass is 9.92. The van der Waals surface area contributed by atoms with Gasteiger partial charge in [-0.1, -0.05) is 24.3 Å². The van der Waals surface area contributed by atoms with Crippen molar-refractivity contribution in [3.8, 4) is 5.75 Å². The number of carbonyl (C=O) groups is 3. The number of rotatable bonds is 8. The quantitative estimate of drug-likeness (QED) is 0.642. The smallest absolute Gasteiger partial charge is 0.333 e. The lowest BCUT2D eigenvalue weighted by Crippen LogP contribution is -2.52. The van der Waals surface area contributed by atoms with E-state index in [1.165, 1.54) is 19.1 Å². The van der Waals surface area contributed by atoms with E-state index in [-0.39, 0.29) is 11.1 Å². The second-order valence-electron chi connectivity index (χ2n) is 6.10. The lowest BCUT2D eigenvalue weighted by Gasteiger charge is -2.27. The molecule has 0 fully saturated rings. The summed E-state index contributed by atoms with van der Waals surface area (Å²) in [6, 6.07) is 11.3. The van der Waals surface area contributed by atoms with Crippen LogP contribution in [0.3, 0.4) is 0 Å². The first kappa shape index (κ1) is 20.9. The average molecular weight is 388 g/mol. The Morgan fingerprint density at radius 3 is 2.36 bits per heavy atom. The lowest BCUT2D eigenvalue weighted by molar-refractivity contribution is -0.147. The van der Waals surface area contributed by atoms with Gasteiger partial charge in [0.1, 0.15) is 11.6 Å². The highest BCUT2D eigenvalue weighted by Crippen LogP contribution is 2.22. The zero-order chi connectivity index (χ0) is 20.7. The topological polar surface area (TPSA) is 105 Å². The Morgan fingerprint density at radius 2 is 1.75 bits per heavy atom. The number of hydrogen-bond donors (Lipinski definition) is 3. The van der Waals surface area contributed by atoms with Gasteiger partial charge < -0.3 is 20.5 Å². The van der Waals surface area contributed by atoms with Gasteiger partial charge in [0, 0.05) is 0 Å². The van der Waals surface area contributed by atoms with Crippen molar-refractivity contribution in [1.29, 1.82) is 0 Å². The molecule has 1 unspecified atom stereocenters. The fraction of sp³-hybridized carbons (Fsp3) is 0.250. The van der Waals surface area contributed by atoms with Crippen LogP contribution in [0.2, 0.25) is 0 Å². The van der Waals surface area contributed by atoms with Crippen LogP contribution >= 0.6 is 0 Å². The molecule has 0 radical (unpaired) electrons. The van der Waals surface area contributed by atoms with E-state index in [1.807, 2.05) is 0 Å². The normalized spacial score (nSPS) is 12.5. The summed E-state index contributed by atoms with van der Waals surface area (Å²) < 4.78 is 18.5. The Hall–Kier alpha value is -3.42. The summed E-state index contributed by atoms with van der Waals surface area (Å²) in [5.74, 6) is -2.71. The van der Waals surface area contributed by atoms with Crippen LogP contribution in [0.5, 0.6) is 5.75 Å². The van der Waals surface area contributed by atoms with Crippen LogP contribution in [0.4, 0.5) is 4.39 Å². The van der Waals surface area contributed by atoms with Gasteiger partial charge in [0.15, 0.2) is 5.54 Å². The number of carboxylic acid groups (broad SMARTS) is 1. The Balaban J connectivity index is 2.07. The highest BCUT2D eigenvalue weighted by molar-refractivity contribution is 5.99. The third kappa shape index (κ3) is 4.85. The van der Waals surface area contributed by atoms with Gasteiger partial charge in [0.25, 0.3) is 5.91 Å². The Labute approximate surface area is 161 Å². The van der Waals surface area contributed by atoms with Crippen molar-refractivity contribution in [3.05, 3.63) is 65.5 Å². The molecule has 0 aromatic heterocycles. The van der Waals surface area contributed by atoms with E-state index in [0.717, 1.165) is 12.1 Å². The first-order valence-electron chi connectivity index (χ1n) is 8.58. The van der Waals surface area contributed by atoms with Gasteiger partial charge in [-0.2, -0.15) is 0 Å². The summed E-state index contributed by atoms with van der Waals surface area (Å²) >= 11 is 0. The molecule has 0 bridgehead atoms. The molecule has 28 heavy (non-hydrogen) atoms. The molecule has 0 saturated carbocycles. The van der Waals surface area contributed by atoms with Crippen LogP contribution < -0.4 is 15.4 Å². The van der Waals surface area contributed by atoms with Crippen LogP contribution in [0.15, 0.2) is 48.5 Å². The van der Waals surface area contributed by atoms with Gasteiger partial charge in [-0.25, -0.2) is 9.18 Å². The first-order valence-corrected chi connectivity index (χ1v) is 8.58. The molecule has 2 amide bonds. The summed E-state index contributed by atoms with van der Waals surface area (Å²) in [5.41, 5.74) is -1.32. The van der Waals surface area contributed by atoms with Crippen molar-refractivity contribution < 1.29 is 28.6 Å². The number of benzene rings is 2.